The SMILES string of the molecule is Cc1cccc(COC(=O)N2CCO[C@H](C=Nc3cncnc3N)C2)c1. The minimum Gasteiger partial charge on any atom is -0.445 e. The first-order chi connectivity index (χ1) is 12.6. The first-order valence-corrected chi connectivity index (χ1v) is 8.30. The van der Waals surface area contributed by atoms with Gasteiger partial charge in [0.2, 0.25) is 0 Å². The van der Waals surface area contributed by atoms with Crippen LogP contribution in [0.15, 0.2) is 41.8 Å². The van der Waals surface area contributed by atoms with Crippen LogP contribution in [0.25, 0.3) is 0 Å². The van der Waals surface area contributed by atoms with Crippen molar-refractivity contribution < 1.29 is 14.3 Å². The molecule has 1 aliphatic rings. The van der Waals surface area contributed by atoms with E-state index in [1.807, 2.05) is 31.2 Å². The Bertz CT molecular complexity index is 796. The molecule has 8 nitrogen and oxygen atoms in total. The third-order valence-electron chi connectivity index (χ3n) is 3.90. The summed E-state index contributed by atoms with van der Waals surface area (Å²) in [5, 5.41) is 0. The Hall–Kier alpha value is -3.00. The number of aryl methyl sites for hydroxylation is 1. The number of nitrogens with two attached hydrogens (primary N) is 1. The maximum absolute atomic E-state index is 12.3. The lowest BCUT2D eigenvalue weighted by Crippen LogP contribution is -2.46. The van der Waals surface area contributed by atoms with E-state index >= 15 is 0 Å². The van der Waals surface area contributed by atoms with Crippen molar-refractivity contribution in [1.29, 1.82) is 0 Å². The van der Waals surface area contributed by atoms with Crippen LogP contribution in [-0.4, -0.2) is 53.0 Å². The van der Waals surface area contributed by atoms with E-state index in [4.69, 9.17) is 15.2 Å². The van der Waals surface area contributed by atoms with Gasteiger partial charge in [0.05, 0.1) is 19.3 Å². The van der Waals surface area contributed by atoms with Crippen LogP contribution < -0.4 is 5.73 Å². The van der Waals surface area contributed by atoms with E-state index in [-0.39, 0.29) is 18.8 Å². The Morgan fingerprint density at radius 2 is 2.42 bits per heavy atom. The number of anilines is 1. The fourth-order valence-corrected chi connectivity index (χ4v) is 2.56. The van der Waals surface area contributed by atoms with Crippen molar-refractivity contribution in [2.45, 2.75) is 19.6 Å². The molecule has 136 valence electrons. The zero-order valence-corrected chi connectivity index (χ0v) is 14.5. The lowest BCUT2D eigenvalue weighted by molar-refractivity contribution is 0.00330. The van der Waals surface area contributed by atoms with Crippen LogP contribution in [0.4, 0.5) is 16.3 Å². The predicted octanol–water partition coefficient (Wildman–Crippen LogP) is 2.11. The average molecular weight is 355 g/mol. The molecule has 1 fully saturated rings. The minimum absolute atomic E-state index is 0.245. The third-order valence-corrected chi connectivity index (χ3v) is 3.90. The van der Waals surface area contributed by atoms with E-state index in [1.54, 1.807) is 11.1 Å². The summed E-state index contributed by atoms with van der Waals surface area (Å²) in [6.07, 6.45) is 3.79. The fourth-order valence-electron chi connectivity index (χ4n) is 2.56. The van der Waals surface area contributed by atoms with Crippen LogP contribution in [0.3, 0.4) is 0 Å². The first kappa shape index (κ1) is 17.8. The number of nitrogen functional groups attached to an aromatic ring is 1. The largest absolute Gasteiger partial charge is 0.445 e. The van der Waals surface area contributed by atoms with E-state index in [0.717, 1.165) is 11.1 Å². The molecular weight excluding hydrogens is 334 g/mol. The van der Waals surface area contributed by atoms with Gasteiger partial charge in [-0.05, 0) is 12.5 Å². The van der Waals surface area contributed by atoms with Crippen LogP contribution in [-0.2, 0) is 16.1 Å². The highest BCUT2D eigenvalue weighted by Gasteiger charge is 2.24. The number of nitrogens with zero attached hydrogens (tertiary/aromatic N) is 4. The van der Waals surface area contributed by atoms with Gasteiger partial charge in [-0.1, -0.05) is 29.8 Å². The number of ether oxygens (including phenoxy) is 2. The number of carbonyl (C=O) groups excluding carboxylic acids is 1. The van der Waals surface area contributed by atoms with Crippen molar-refractivity contribution in [2.24, 2.45) is 4.99 Å². The Morgan fingerprint density at radius 3 is 3.23 bits per heavy atom. The lowest BCUT2D eigenvalue weighted by Gasteiger charge is -2.30. The number of aromatic nitrogens is 2. The topological polar surface area (TPSA) is 103 Å². The Kier molecular flexibility index (Phi) is 5.75. The van der Waals surface area contributed by atoms with Crippen LogP contribution in [0.1, 0.15) is 11.1 Å². The van der Waals surface area contributed by atoms with Crippen molar-refractivity contribution in [3.8, 4) is 0 Å². The molecule has 3 rings (SSSR count). The number of hydrogen-bond donors (Lipinski definition) is 1. The van der Waals surface area contributed by atoms with Gasteiger partial charge in [0.1, 0.15) is 24.7 Å². The number of morpholine rings is 1. The van der Waals surface area contributed by atoms with E-state index in [2.05, 4.69) is 15.0 Å². The number of aliphatic imine (C=N–C) groups is 1. The normalized spacial score (nSPS) is 17.4. The van der Waals surface area contributed by atoms with Crippen molar-refractivity contribution >= 4 is 23.8 Å². The second-order valence-corrected chi connectivity index (χ2v) is 5.97. The summed E-state index contributed by atoms with van der Waals surface area (Å²) < 4.78 is 11.0. The Morgan fingerprint density at radius 1 is 1.54 bits per heavy atom. The standard InChI is InChI=1S/C18H21N5O3/c1-13-3-2-4-14(7-13)11-26-18(24)23-5-6-25-15(10-23)8-21-16-9-20-12-22-17(16)19/h2-4,7-9,12,15H,5-6,10-11H2,1H3,(H2,19,20,22)/t15-/m1/s1. The van der Waals surface area contributed by atoms with Gasteiger partial charge in [-0.2, -0.15) is 0 Å². The van der Waals surface area contributed by atoms with Crippen molar-refractivity contribution in [1.82, 2.24) is 14.9 Å². The van der Waals surface area contributed by atoms with E-state index in [1.165, 1.54) is 12.5 Å². The van der Waals surface area contributed by atoms with Gasteiger partial charge in [0.25, 0.3) is 0 Å². The number of hydrogen-bond acceptors (Lipinski definition) is 7. The summed E-state index contributed by atoms with van der Waals surface area (Å²) in [5.41, 5.74) is 8.29. The molecular formula is C18H21N5O3. The highest BCUT2D eigenvalue weighted by atomic mass is 16.6. The molecule has 2 heterocycles. The molecule has 1 aliphatic heterocycles. The number of amides is 1. The second-order valence-electron chi connectivity index (χ2n) is 5.97. The van der Waals surface area contributed by atoms with E-state index in [0.29, 0.717) is 31.2 Å². The van der Waals surface area contributed by atoms with Crippen LogP contribution >= 0.6 is 0 Å². The molecule has 2 aromatic rings. The second kappa shape index (κ2) is 8.39. The molecule has 1 aromatic heterocycles. The molecule has 1 aromatic carbocycles. The van der Waals surface area contributed by atoms with E-state index < -0.39 is 0 Å². The maximum Gasteiger partial charge on any atom is 0.410 e. The molecule has 8 heteroatoms. The van der Waals surface area contributed by atoms with Crippen LogP contribution in [0, 0.1) is 6.92 Å². The van der Waals surface area contributed by atoms with Gasteiger partial charge in [-0.25, -0.2) is 14.8 Å². The van der Waals surface area contributed by atoms with Gasteiger partial charge in [0.15, 0.2) is 5.82 Å². The molecule has 0 unspecified atom stereocenters. The summed E-state index contributed by atoms with van der Waals surface area (Å²) in [5.74, 6) is 0.293. The molecule has 1 saturated heterocycles. The van der Waals surface area contributed by atoms with Crippen LogP contribution in [0.5, 0.6) is 0 Å². The average Bonchev–Trinajstić information content (AvgIpc) is 2.66. The molecule has 26 heavy (non-hydrogen) atoms. The Labute approximate surface area is 151 Å². The molecule has 0 saturated carbocycles. The minimum atomic E-state index is -0.365. The zero-order chi connectivity index (χ0) is 18.4. The molecule has 1 atom stereocenters. The molecule has 0 aliphatic carbocycles. The fraction of sp³-hybridized carbons (Fsp3) is 0.333. The quantitative estimate of drug-likeness (QED) is 0.843. The third kappa shape index (κ3) is 4.76. The molecule has 0 bridgehead atoms. The summed E-state index contributed by atoms with van der Waals surface area (Å²) in [7, 11) is 0. The Balaban J connectivity index is 1.54. The molecule has 1 amide bonds. The highest BCUT2D eigenvalue weighted by molar-refractivity contribution is 5.73. The summed E-state index contributed by atoms with van der Waals surface area (Å²) in [6, 6.07) is 7.87. The van der Waals surface area contributed by atoms with Gasteiger partial charge < -0.3 is 20.1 Å². The molecule has 0 radical (unpaired) electrons. The highest BCUT2D eigenvalue weighted by Crippen LogP contribution is 2.16. The van der Waals surface area contributed by atoms with Gasteiger partial charge in [-0.3, -0.25) is 4.99 Å². The monoisotopic (exact) mass is 355 g/mol. The van der Waals surface area contributed by atoms with Crippen molar-refractivity contribution in [3.05, 3.63) is 47.9 Å². The lowest BCUT2D eigenvalue weighted by atomic mass is 10.1. The van der Waals surface area contributed by atoms with Crippen molar-refractivity contribution in [3.63, 3.8) is 0 Å². The van der Waals surface area contributed by atoms with Gasteiger partial charge >= 0.3 is 6.09 Å². The summed E-state index contributed by atoms with van der Waals surface area (Å²) >= 11 is 0. The predicted molar refractivity (Wildman–Crippen MR) is 97.3 cm³/mol. The van der Waals surface area contributed by atoms with Gasteiger partial charge in [0, 0.05) is 12.8 Å². The number of rotatable bonds is 4. The molecule has 2 N–H and O–H groups in total. The van der Waals surface area contributed by atoms with Gasteiger partial charge in [-0.15, -0.1) is 0 Å². The number of carbonyl (C=O) groups is 1. The first-order valence-electron chi connectivity index (χ1n) is 8.30. The summed E-state index contributed by atoms with van der Waals surface area (Å²) in [4.78, 5) is 25.9. The maximum atomic E-state index is 12.3. The van der Waals surface area contributed by atoms with Crippen LogP contribution in [0.2, 0.25) is 0 Å². The van der Waals surface area contributed by atoms with Crippen molar-refractivity contribution in [2.75, 3.05) is 25.4 Å². The summed E-state index contributed by atoms with van der Waals surface area (Å²) in [6.45, 7) is 3.50. The number of benzene rings is 1. The smallest absolute Gasteiger partial charge is 0.410 e. The van der Waals surface area contributed by atoms with E-state index in [9.17, 15) is 4.79 Å². The molecule has 0 spiro atoms. The zero-order valence-electron chi connectivity index (χ0n) is 14.5.